The average molecular weight is 281 g/mol. The summed E-state index contributed by atoms with van der Waals surface area (Å²) in [5.74, 6) is 2.26. The molecule has 2 atom stereocenters. The first-order chi connectivity index (χ1) is 9.40. The van der Waals surface area contributed by atoms with Gasteiger partial charge in [0.1, 0.15) is 0 Å². The second-order valence-electron chi connectivity index (χ2n) is 5.63. The Morgan fingerprint density at radius 1 is 1.10 bits per heavy atom. The van der Waals surface area contributed by atoms with Gasteiger partial charge < -0.3 is 0 Å². The van der Waals surface area contributed by atoms with E-state index in [2.05, 4.69) is 53.5 Å². The van der Waals surface area contributed by atoms with Crippen LogP contribution in [0.4, 0.5) is 0 Å². The van der Waals surface area contributed by atoms with Crippen LogP contribution < -0.4 is 0 Å². The number of allylic oxidation sites excluding steroid dienone is 3. The van der Waals surface area contributed by atoms with E-state index in [-0.39, 0.29) is 0 Å². The van der Waals surface area contributed by atoms with E-state index in [0.717, 1.165) is 18.3 Å². The molecule has 0 fully saturated rings. The van der Waals surface area contributed by atoms with Gasteiger partial charge in [0, 0.05) is 0 Å². The van der Waals surface area contributed by atoms with Crippen LogP contribution in [-0.4, -0.2) is 0 Å². The van der Waals surface area contributed by atoms with Crippen LogP contribution in [0.15, 0.2) is 37.5 Å². The van der Waals surface area contributed by atoms with Crippen molar-refractivity contribution in [1.29, 1.82) is 0 Å². The van der Waals surface area contributed by atoms with Crippen molar-refractivity contribution in [3.05, 3.63) is 37.5 Å². The van der Waals surface area contributed by atoms with E-state index in [1.165, 1.54) is 24.8 Å². The summed E-state index contributed by atoms with van der Waals surface area (Å²) in [7, 11) is 0. The van der Waals surface area contributed by atoms with Gasteiger partial charge in [0.05, 0.1) is 0 Å². The lowest BCUT2D eigenvalue weighted by molar-refractivity contribution is 0.311. The lowest BCUT2D eigenvalue weighted by Crippen LogP contribution is -2.15. The standard InChI is InChI=1S/C12H24.C6H10.C2H6/c1-6-8-9-11(5)12(7-2)10(3)4;1-4-5-6(2)3;1-2/h7,10-12H,2,6,8-9H2,1,3-5H3;4H,1-2,5H2,3H3;1-2H3. The fourth-order valence-electron chi connectivity index (χ4n) is 2.13. The normalized spacial score (nSPS) is 12.2. The minimum Gasteiger partial charge on any atom is -0.103 e. The van der Waals surface area contributed by atoms with E-state index in [4.69, 9.17) is 0 Å². The molecule has 0 heterocycles. The number of hydrogen-bond acceptors (Lipinski definition) is 0. The van der Waals surface area contributed by atoms with Gasteiger partial charge in [-0.15, -0.1) is 13.2 Å². The first-order valence-electron chi connectivity index (χ1n) is 8.28. The molecule has 0 aromatic rings. The quantitative estimate of drug-likeness (QED) is 0.405. The highest BCUT2D eigenvalue weighted by atomic mass is 14.2. The molecule has 0 saturated heterocycles. The number of hydrogen-bond donors (Lipinski definition) is 0. The van der Waals surface area contributed by atoms with Crippen molar-refractivity contribution >= 4 is 0 Å². The van der Waals surface area contributed by atoms with Crippen molar-refractivity contribution in [2.45, 2.75) is 74.1 Å². The zero-order valence-electron chi connectivity index (χ0n) is 15.3. The monoisotopic (exact) mass is 280 g/mol. The Bertz CT molecular complexity index is 222. The number of unbranched alkanes of at least 4 members (excludes halogenated alkanes) is 1. The third-order valence-corrected chi connectivity index (χ3v) is 3.20. The SMILES string of the molecule is C=CC(C(C)C)C(C)CCCC.C=CCC(=C)C.CC. The zero-order chi connectivity index (χ0) is 16.6. The molecule has 0 radical (unpaired) electrons. The fraction of sp³-hybridized carbons (Fsp3) is 0.700. The van der Waals surface area contributed by atoms with Crippen LogP contribution in [0.1, 0.15) is 74.1 Å². The van der Waals surface area contributed by atoms with Gasteiger partial charge >= 0.3 is 0 Å². The maximum atomic E-state index is 3.91. The molecular formula is C20H40. The Morgan fingerprint density at radius 2 is 1.60 bits per heavy atom. The van der Waals surface area contributed by atoms with E-state index >= 15 is 0 Å². The van der Waals surface area contributed by atoms with Gasteiger partial charge in [-0.25, -0.2) is 0 Å². The molecular weight excluding hydrogens is 240 g/mol. The summed E-state index contributed by atoms with van der Waals surface area (Å²) in [4.78, 5) is 0. The third kappa shape index (κ3) is 17.2. The van der Waals surface area contributed by atoms with Crippen LogP contribution in [0.3, 0.4) is 0 Å². The van der Waals surface area contributed by atoms with Crippen molar-refractivity contribution in [3.63, 3.8) is 0 Å². The molecule has 0 aromatic heterocycles. The summed E-state index contributed by atoms with van der Waals surface area (Å²) in [6, 6.07) is 0. The number of rotatable bonds is 8. The van der Waals surface area contributed by atoms with Gasteiger partial charge in [0.15, 0.2) is 0 Å². The van der Waals surface area contributed by atoms with Crippen LogP contribution in [0.2, 0.25) is 0 Å². The Labute approximate surface area is 130 Å². The maximum Gasteiger partial charge on any atom is -0.0147 e. The topological polar surface area (TPSA) is 0 Å². The Kier molecular flexibility index (Phi) is 22.1. The van der Waals surface area contributed by atoms with Gasteiger partial charge in [-0.3, -0.25) is 0 Å². The van der Waals surface area contributed by atoms with E-state index < -0.39 is 0 Å². The second-order valence-corrected chi connectivity index (χ2v) is 5.63. The van der Waals surface area contributed by atoms with Gasteiger partial charge in [-0.05, 0) is 31.1 Å². The Morgan fingerprint density at radius 3 is 1.80 bits per heavy atom. The highest BCUT2D eigenvalue weighted by Gasteiger charge is 2.16. The largest absolute Gasteiger partial charge is 0.103 e. The molecule has 0 amide bonds. The molecule has 2 unspecified atom stereocenters. The summed E-state index contributed by atoms with van der Waals surface area (Å²) in [6.07, 6.45) is 8.95. The molecule has 0 N–H and O–H groups in total. The van der Waals surface area contributed by atoms with Gasteiger partial charge in [0.25, 0.3) is 0 Å². The van der Waals surface area contributed by atoms with E-state index in [1.54, 1.807) is 0 Å². The molecule has 20 heavy (non-hydrogen) atoms. The van der Waals surface area contributed by atoms with Crippen molar-refractivity contribution < 1.29 is 0 Å². The van der Waals surface area contributed by atoms with E-state index in [1.807, 2.05) is 26.8 Å². The predicted molar refractivity (Wildman–Crippen MR) is 98.2 cm³/mol. The molecule has 0 rings (SSSR count). The van der Waals surface area contributed by atoms with Crippen LogP contribution >= 0.6 is 0 Å². The van der Waals surface area contributed by atoms with E-state index in [9.17, 15) is 0 Å². The molecule has 0 saturated carbocycles. The Hall–Kier alpha value is -0.780. The molecule has 0 spiro atoms. The third-order valence-electron chi connectivity index (χ3n) is 3.20. The van der Waals surface area contributed by atoms with Crippen molar-refractivity contribution in [1.82, 2.24) is 0 Å². The first kappa shape index (κ1) is 24.3. The van der Waals surface area contributed by atoms with Gasteiger partial charge in [-0.2, -0.15) is 0 Å². The zero-order valence-corrected chi connectivity index (χ0v) is 15.3. The summed E-state index contributed by atoms with van der Waals surface area (Å²) < 4.78 is 0. The van der Waals surface area contributed by atoms with E-state index in [0.29, 0.717) is 5.92 Å². The highest BCUT2D eigenvalue weighted by Crippen LogP contribution is 2.25. The van der Waals surface area contributed by atoms with Crippen molar-refractivity contribution in [2.24, 2.45) is 17.8 Å². The minimum absolute atomic E-state index is 0.705. The molecule has 0 aromatic carbocycles. The van der Waals surface area contributed by atoms with Crippen LogP contribution in [0, 0.1) is 17.8 Å². The molecule has 0 bridgehead atoms. The molecule has 0 nitrogen and oxygen atoms in total. The first-order valence-corrected chi connectivity index (χ1v) is 8.28. The minimum atomic E-state index is 0.705. The fourth-order valence-corrected chi connectivity index (χ4v) is 2.13. The van der Waals surface area contributed by atoms with Crippen LogP contribution in [-0.2, 0) is 0 Å². The summed E-state index contributed by atoms with van der Waals surface area (Å²) in [5.41, 5.74) is 1.17. The highest BCUT2D eigenvalue weighted by molar-refractivity contribution is 4.94. The Balaban J connectivity index is -0.000000304. The molecule has 0 aliphatic carbocycles. The van der Waals surface area contributed by atoms with Gasteiger partial charge in [-0.1, -0.05) is 85.1 Å². The smallest absolute Gasteiger partial charge is 0.0147 e. The van der Waals surface area contributed by atoms with Crippen molar-refractivity contribution in [2.75, 3.05) is 0 Å². The summed E-state index contributed by atoms with van der Waals surface area (Å²) >= 11 is 0. The predicted octanol–water partition coefficient (Wildman–Crippen LogP) is 7.44. The molecule has 0 aliphatic rings. The van der Waals surface area contributed by atoms with Crippen LogP contribution in [0.5, 0.6) is 0 Å². The molecule has 0 heteroatoms. The molecule has 0 aliphatic heterocycles. The lowest BCUT2D eigenvalue weighted by atomic mass is 9.82. The summed E-state index contributed by atoms with van der Waals surface area (Å²) in [6.45, 7) is 26.3. The molecule has 120 valence electrons. The second kappa shape index (κ2) is 18.2. The van der Waals surface area contributed by atoms with Crippen molar-refractivity contribution in [3.8, 4) is 0 Å². The average Bonchev–Trinajstić information content (AvgIpc) is 2.39. The lowest BCUT2D eigenvalue weighted by Gasteiger charge is -2.23. The maximum absolute atomic E-state index is 3.91. The van der Waals surface area contributed by atoms with Crippen LogP contribution in [0.25, 0.3) is 0 Å². The summed E-state index contributed by atoms with van der Waals surface area (Å²) in [5, 5.41) is 0. The van der Waals surface area contributed by atoms with Gasteiger partial charge in [0.2, 0.25) is 0 Å².